The van der Waals surface area contributed by atoms with Crippen molar-refractivity contribution in [3.8, 4) is 0 Å². The molecule has 0 aliphatic rings. The molecule has 0 unspecified atom stereocenters. The number of benzene rings is 3. The average molecular weight is 556 g/mol. The molecule has 0 radical (unpaired) electrons. The quantitative estimate of drug-likeness (QED) is 0.384. The van der Waals surface area contributed by atoms with Gasteiger partial charge in [0.05, 0.1) is 11.1 Å². The van der Waals surface area contributed by atoms with Crippen LogP contribution in [0.1, 0.15) is 24.1 Å². The Hall–Kier alpha value is -1.90. The summed E-state index contributed by atoms with van der Waals surface area (Å²) >= 11 is 15.5. The summed E-state index contributed by atoms with van der Waals surface area (Å²) in [4.78, 5) is 13.0. The van der Waals surface area contributed by atoms with E-state index < -0.39 is 22.0 Å². The monoisotopic (exact) mass is 554 g/mol. The van der Waals surface area contributed by atoms with Gasteiger partial charge in [-0.2, -0.15) is 4.72 Å². The molecule has 0 heterocycles. The maximum Gasteiger partial charge on any atom is 0.242 e. The molecule has 0 fully saturated rings. The minimum absolute atomic E-state index is 0.0169. The fourth-order valence-electron chi connectivity index (χ4n) is 3.14. The molecule has 0 saturated carbocycles. The summed E-state index contributed by atoms with van der Waals surface area (Å²) in [5.74, 6) is -0.456. The third-order valence-corrected chi connectivity index (χ3v) is 7.47. The normalized spacial score (nSPS) is 13.4. The molecule has 5 nitrogen and oxygen atoms in total. The van der Waals surface area contributed by atoms with Crippen LogP contribution < -0.4 is 10.0 Å². The zero-order valence-electron chi connectivity index (χ0n) is 17.1. The van der Waals surface area contributed by atoms with E-state index in [0.29, 0.717) is 0 Å². The lowest BCUT2D eigenvalue weighted by atomic mass is 10.0. The molecule has 0 aliphatic carbocycles. The smallest absolute Gasteiger partial charge is 0.242 e. The van der Waals surface area contributed by atoms with Crippen LogP contribution >= 0.6 is 39.1 Å². The van der Waals surface area contributed by atoms with Crippen molar-refractivity contribution in [2.75, 3.05) is 0 Å². The van der Waals surface area contributed by atoms with Gasteiger partial charge < -0.3 is 5.32 Å². The number of carbonyl (C=O) groups is 1. The minimum atomic E-state index is -4.12. The summed E-state index contributed by atoms with van der Waals surface area (Å²) in [5, 5.41) is 3.14. The number of sulfonamides is 1. The molecule has 0 aromatic heterocycles. The Kier molecular flexibility index (Phi) is 8.36. The average Bonchev–Trinajstić information content (AvgIpc) is 2.75. The Morgan fingerprint density at radius 1 is 1.00 bits per heavy atom. The van der Waals surface area contributed by atoms with Gasteiger partial charge in [0.25, 0.3) is 0 Å². The molecule has 3 rings (SSSR count). The first-order chi connectivity index (χ1) is 15.2. The van der Waals surface area contributed by atoms with Crippen LogP contribution in [0, 0.1) is 0 Å². The van der Waals surface area contributed by atoms with Crippen LogP contribution in [-0.4, -0.2) is 20.4 Å². The van der Waals surface area contributed by atoms with Crippen molar-refractivity contribution in [2.45, 2.75) is 30.3 Å². The Balaban J connectivity index is 1.87. The van der Waals surface area contributed by atoms with Crippen LogP contribution in [0.15, 0.2) is 82.2 Å². The SMILES string of the molecule is C[C@H](NC(=O)[C@H](Cc1ccccc1)NS(=O)(=O)c1cc(Cl)ccc1Cl)c1cccc(Br)c1. The van der Waals surface area contributed by atoms with Gasteiger partial charge in [0.2, 0.25) is 15.9 Å². The van der Waals surface area contributed by atoms with E-state index in [0.717, 1.165) is 15.6 Å². The molecule has 0 saturated heterocycles. The Bertz CT molecular complexity index is 1210. The van der Waals surface area contributed by atoms with Gasteiger partial charge in [-0.15, -0.1) is 0 Å². The van der Waals surface area contributed by atoms with Gasteiger partial charge in [-0.3, -0.25) is 4.79 Å². The highest BCUT2D eigenvalue weighted by Gasteiger charge is 2.28. The summed E-state index contributed by atoms with van der Waals surface area (Å²) in [6.07, 6.45) is 0.162. The number of carbonyl (C=O) groups excluding carboxylic acids is 1. The molecule has 9 heteroatoms. The second-order valence-electron chi connectivity index (χ2n) is 7.22. The van der Waals surface area contributed by atoms with Crippen molar-refractivity contribution in [1.82, 2.24) is 10.0 Å². The first kappa shape index (κ1) is 24.7. The van der Waals surface area contributed by atoms with Crippen LogP contribution in [0.3, 0.4) is 0 Å². The maximum absolute atomic E-state index is 13.2. The molecule has 168 valence electrons. The molecular weight excluding hydrogens is 535 g/mol. The van der Waals surface area contributed by atoms with E-state index in [9.17, 15) is 13.2 Å². The largest absolute Gasteiger partial charge is 0.348 e. The molecular formula is C23H21BrCl2N2O3S. The summed E-state index contributed by atoms with van der Waals surface area (Å²) in [6.45, 7) is 1.83. The van der Waals surface area contributed by atoms with Gasteiger partial charge in [0.15, 0.2) is 0 Å². The summed E-state index contributed by atoms with van der Waals surface area (Å²) < 4.78 is 29.5. The molecule has 0 spiro atoms. The lowest BCUT2D eigenvalue weighted by Crippen LogP contribution is -2.48. The lowest BCUT2D eigenvalue weighted by Gasteiger charge is -2.22. The fourth-order valence-corrected chi connectivity index (χ4v) is 5.52. The Morgan fingerprint density at radius 3 is 2.41 bits per heavy atom. The molecule has 1 amide bonds. The Morgan fingerprint density at radius 2 is 1.72 bits per heavy atom. The van der Waals surface area contributed by atoms with Gasteiger partial charge in [-0.05, 0) is 54.8 Å². The van der Waals surface area contributed by atoms with Crippen LogP contribution in [0.4, 0.5) is 0 Å². The van der Waals surface area contributed by atoms with Crippen molar-refractivity contribution in [3.05, 3.63) is 98.4 Å². The number of rotatable bonds is 8. The van der Waals surface area contributed by atoms with Crippen molar-refractivity contribution in [1.29, 1.82) is 0 Å². The number of halogens is 3. The van der Waals surface area contributed by atoms with E-state index in [1.54, 1.807) is 0 Å². The van der Waals surface area contributed by atoms with E-state index in [4.69, 9.17) is 23.2 Å². The number of nitrogens with one attached hydrogen (secondary N) is 2. The van der Waals surface area contributed by atoms with Gasteiger partial charge in [0, 0.05) is 9.50 Å². The highest BCUT2D eigenvalue weighted by Crippen LogP contribution is 2.25. The number of hydrogen-bond donors (Lipinski definition) is 2. The molecule has 32 heavy (non-hydrogen) atoms. The molecule has 3 aromatic rings. The molecule has 3 aromatic carbocycles. The summed E-state index contributed by atoms with van der Waals surface area (Å²) in [7, 11) is -4.12. The summed E-state index contributed by atoms with van der Waals surface area (Å²) in [6, 6.07) is 19.5. The van der Waals surface area contributed by atoms with Crippen molar-refractivity contribution in [3.63, 3.8) is 0 Å². The highest BCUT2D eigenvalue weighted by molar-refractivity contribution is 9.10. The zero-order chi connectivity index (χ0) is 23.3. The first-order valence-electron chi connectivity index (χ1n) is 9.73. The third-order valence-electron chi connectivity index (χ3n) is 4.79. The number of hydrogen-bond acceptors (Lipinski definition) is 3. The predicted octanol–water partition coefficient (Wildman–Crippen LogP) is 5.52. The highest BCUT2D eigenvalue weighted by atomic mass is 79.9. The second kappa shape index (κ2) is 10.8. The van der Waals surface area contributed by atoms with E-state index in [2.05, 4.69) is 26.0 Å². The van der Waals surface area contributed by atoms with Gasteiger partial charge in [-0.25, -0.2) is 8.42 Å². The van der Waals surface area contributed by atoms with E-state index >= 15 is 0 Å². The molecule has 0 aliphatic heterocycles. The van der Waals surface area contributed by atoms with E-state index in [-0.39, 0.29) is 27.4 Å². The second-order valence-corrected chi connectivity index (χ2v) is 10.7. The zero-order valence-corrected chi connectivity index (χ0v) is 21.0. The van der Waals surface area contributed by atoms with Crippen molar-refractivity contribution in [2.24, 2.45) is 0 Å². The maximum atomic E-state index is 13.2. The van der Waals surface area contributed by atoms with Gasteiger partial charge in [0.1, 0.15) is 10.9 Å². The molecule has 2 atom stereocenters. The van der Waals surface area contributed by atoms with Crippen LogP contribution in [-0.2, 0) is 21.2 Å². The Labute approximate surface area is 206 Å². The number of amides is 1. The van der Waals surface area contributed by atoms with Crippen LogP contribution in [0.2, 0.25) is 10.0 Å². The predicted molar refractivity (Wildman–Crippen MR) is 131 cm³/mol. The molecule has 0 bridgehead atoms. The first-order valence-corrected chi connectivity index (χ1v) is 12.8. The summed E-state index contributed by atoms with van der Waals surface area (Å²) in [5.41, 5.74) is 1.69. The standard InChI is InChI=1S/C23H21BrCl2N2O3S/c1-15(17-8-5-9-18(24)13-17)27-23(29)21(12-16-6-3-2-4-7-16)28-32(30,31)22-14-19(25)10-11-20(22)26/h2-11,13-15,21,28H,12H2,1H3,(H,27,29)/t15-,21-/m0/s1. The molecule has 2 N–H and O–H groups in total. The lowest BCUT2D eigenvalue weighted by molar-refractivity contribution is -0.123. The van der Waals surface area contributed by atoms with Gasteiger partial charge in [-0.1, -0.05) is 81.6 Å². The van der Waals surface area contributed by atoms with Crippen molar-refractivity contribution < 1.29 is 13.2 Å². The van der Waals surface area contributed by atoms with Crippen LogP contribution in [0.25, 0.3) is 0 Å². The van der Waals surface area contributed by atoms with E-state index in [1.165, 1.54) is 18.2 Å². The van der Waals surface area contributed by atoms with Crippen LogP contribution in [0.5, 0.6) is 0 Å². The van der Waals surface area contributed by atoms with Crippen molar-refractivity contribution >= 4 is 55.1 Å². The van der Waals surface area contributed by atoms with E-state index in [1.807, 2.05) is 61.5 Å². The van der Waals surface area contributed by atoms with Gasteiger partial charge >= 0.3 is 0 Å². The third kappa shape index (κ3) is 6.56. The topological polar surface area (TPSA) is 75.3 Å². The minimum Gasteiger partial charge on any atom is -0.348 e. The fraction of sp³-hybridized carbons (Fsp3) is 0.174.